The van der Waals surface area contributed by atoms with Crippen molar-refractivity contribution in [3.8, 4) is 22.9 Å². The first kappa shape index (κ1) is 20.0. The van der Waals surface area contributed by atoms with Crippen LogP contribution in [-0.2, 0) is 16.6 Å². The molecule has 1 fully saturated rings. The third-order valence-electron chi connectivity index (χ3n) is 5.83. The second-order valence-electron chi connectivity index (χ2n) is 7.89. The van der Waals surface area contributed by atoms with Gasteiger partial charge in [-0.1, -0.05) is 0 Å². The quantitative estimate of drug-likeness (QED) is 0.606. The molecule has 4 heterocycles. The van der Waals surface area contributed by atoms with Crippen molar-refractivity contribution in [3.05, 3.63) is 54.6 Å². The van der Waals surface area contributed by atoms with E-state index in [1.807, 2.05) is 25.3 Å². The molecule has 1 aromatic carbocycles. The number of aryl methyl sites for hydroxylation is 1. The number of pyridine rings is 1. The van der Waals surface area contributed by atoms with Crippen LogP contribution >= 0.6 is 0 Å². The van der Waals surface area contributed by atoms with Crippen LogP contribution in [0.5, 0.6) is 11.5 Å². The van der Waals surface area contributed by atoms with Crippen molar-refractivity contribution in [3.63, 3.8) is 0 Å². The third-order valence-corrected chi connectivity index (χ3v) is 7.70. The van der Waals surface area contributed by atoms with Gasteiger partial charge in [0.1, 0.15) is 19.0 Å². The molecule has 0 bridgehead atoms. The summed E-state index contributed by atoms with van der Waals surface area (Å²) in [6.07, 6.45) is 6.16. The van der Waals surface area contributed by atoms with E-state index in [-0.39, 0.29) is 10.8 Å². The van der Waals surface area contributed by atoms with Gasteiger partial charge in [0.05, 0.1) is 4.90 Å². The number of rotatable bonds is 5. The van der Waals surface area contributed by atoms with Gasteiger partial charge in [-0.2, -0.15) is 4.31 Å². The summed E-state index contributed by atoms with van der Waals surface area (Å²) in [5, 5.41) is 0. The molecule has 2 aliphatic heterocycles. The van der Waals surface area contributed by atoms with E-state index in [4.69, 9.17) is 9.47 Å². The number of imidazole rings is 1. The van der Waals surface area contributed by atoms with E-state index in [9.17, 15) is 8.42 Å². The summed E-state index contributed by atoms with van der Waals surface area (Å²) in [4.78, 5) is 8.88. The van der Waals surface area contributed by atoms with Crippen LogP contribution in [0, 0.1) is 12.8 Å². The van der Waals surface area contributed by atoms with Crippen LogP contribution in [0.25, 0.3) is 11.4 Å². The monoisotopic (exact) mass is 440 g/mol. The Bertz CT molecular complexity index is 1190. The van der Waals surface area contributed by atoms with E-state index >= 15 is 0 Å². The van der Waals surface area contributed by atoms with Gasteiger partial charge < -0.3 is 14.0 Å². The van der Waals surface area contributed by atoms with E-state index in [0.29, 0.717) is 37.8 Å². The van der Waals surface area contributed by atoms with Crippen molar-refractivity contribution < 1.29 is 17.9 Å². The predicted octanol–water partition coefficient (Wildman–Crippen LogP) is 2.74. The number of sulfonamides is 1. The van der Waals surface area contributed by atoms with Gasteiger partial charge in [0.25, 0.3) is 0 Å². The average molecular weight is 441 g/mol. The molecule has 0 aliphatic carbocycles. The van der Waals surface area contributed by atoms with Crippen molar-refractivity contribution >= 4 is 10.0 Å². The molecule has 162 valence electrons. The molecular formula is C22H24N4O4S. The number of ether oxygens (including phenoxy) is 2. The fraction of sp³-hybridized carbons (Fsp3) is 0.364. The smallest absolute Gasteiger partial charge is 0.243 e. The van der Waals surface area contributed by atoms with E-state index < -0.39 is 10.0 Å². The van der Waals surface area contributed by atoms with Crippen LogP contribution < -0.4 is 9.47 Å². The maximum Gasteiger partial charge on any atom is 0.243 e. The number of nitrogens with zero attached hydrogens (tertiary/aromatic N) is 4. The number of hydrogen-bond acceptors (Lipinski definition) is 6. The molecule has 8 nitrogen and oxygen atoms in total. The van der Waals surface area contributed by atoms with E-state index in [2.05, 4.69) is 14.5 Å². The molecule has 0 amide bonds. The first-order valence-electron chi connectivity index (χ1n) is 10.3. The van der Waals surface area contributed by atoms with Gasteiger partial charge in [-0.3, -0.25) is 4.98 Å². The maximum absolute atomic E-state index is 13.2. The summed E-state index contributed by atoms with van der Waals surface area (Å²) in [6.45, 7) is 4.62. The first-order chi connectivity index (χ1) is 15.0. The Hall–Kier alpha value is -2.91. The zero-order valence-electron chi connectivity index (χ0n) is 17.3. The van der Waals surface area contributed by atoms with Crippen LogP contribution in [0.2, 0.25) is 0 Å². The lowest BCUT2D eigenvalue weighted by Crippen LogP contribution is -2.29. The number of aromatic nitrogens is 3. The normalized spacial score (nSPS) is 18.9. The third kappa shape index (κ3) is 3.79. The number of fused-ring (bicyclic) bond motifs is 1. The molecule has 0 radical (unpaired) electrons. The van der Waals surface area contributed by atoms with E-state index in [1.165, 1.54) is 0 Å². The molecule has 31 heavy (non-hydrogen) atoms. The number of benzene rings is 1. The summed E-state index contributed by atoms with van der Waals surface area (Å²) in [5.41, 5.74) is 2.06. The fourth-order valence-electron chi connectivity index (χ4n) is 4.18. The second kappa shape index (κ2) is 7.97. The second-order valence-corrected chi connectivity index (χ2v) is 9.83. The highest BCUT2D eigenvalue weighted by Crippen LogP contribution is 2.34. The topological polar surface area (TPSA) is 86.6 Å². The van der Waals surface area contributed by atoms with Gasteiger partial charge in [0.15, 0.2) is 11.5 Å². The molecule has 1 atom stereocenters. The van der Waals surface area contributed by atoms with Crippen molar-refractivity contribution in [2.75, 3.05) is 26.3 Å². The van der Waals surface area contributed by atoms with Crippen LogP contribution in [0.3, 0.4) is 0 Å². The van der Waals surface area contributed by atoms with Crippen LogP contribution in [0.15, 0.2) is 53.8 Å². The van der Waals surface area contributed by atoms with E-state index in [0.717, 1.165) is 30.0 Å². The minimum Gasteiger partial charge on any atom is -0.486 e. The lowest BCUT2D eigenvalue weighted by Gasteiger charge is -2.21. The minimum atomic E-state index is -3.59. The molecule has 2 aliphatic rings. The lowest BCUT2D eigenvalue weighted by molar-refractivity contribution is 0.171. The maximum atomic E-state index is 13.2. The zero-order valence-corrected chi connectivity index (χ0v) is 18.1. The molecule has 0 spiro atoms. The van der Waals surface area contributed by atoms with Gasteiger partial charge in [-0.25, -0.2) is 13.4 Å². The molecule has 2 aromatic heterocycles. The lowest BCUT2D eigenvalue weighted by atomic mass is 10.1. The number of hydrogen-bond donors (Lipinski definition) is 0. The van der Waals surface area contributed by atoms with E-state index in [1.54, 1.807) is 34.9 Å². The molecule has 0 saturated carbocycles. The van der Waals surface area contributed by atoms with Crippen molar-refractivity contribution in [2.24, 2.45) is 5.92 Å². The fourth-order valence-corrected chi connectivity index (χ4v) is 5.73. The Morgan fingerprint density at radius 2 is 1.87 bits per heavy atom. The highest BCUT2D eigenvalue weighted by Gasteiger charge is 2.34. The van der Waals surface area contributed by atoms with Crippen LogP contribution in [0.4, 0.5) is 0 Å². The average Bonchev–Trinajstić information content (AvgIpc) is 3.42. The van der Waals surface area contributed by atoms with Crippen LogP contribution in [-0.4, -0.2) is 53.6 Å². The summed E-state index contributed by atoms with van der Waals surface area (Å²) in [6, 6.07) is 8.71. The standard InChI is InChI=1S/C22H24N4O4S/c1-16-13-24-22(18-4-7-23-8-5-18)26(16)15-17-6-9-25(14-17)31(27,28)19-2-3-20-21(12-19)30-11-10-29-20/h2-5,7-8,12-13,17H,6,9-11,14-15H2,1H3. The van der Waals surface area contributed by atoms with Gasteiger partial charge in [-0.15, -0.1) is 0 Å². The van der Waals surface area contributed by atoms with Gasteiger partial charge in [-0.05, 0) is 43.5 Å². The van der Waals surface area contributed by atoms with Crippen LogP contribution in [0.1, 0.15) is 12.1 Å². The van der Waals surface area contributed by atoms with Gasteiger partial charge in [0, 0.05) is 55.5 Å². The highest BCUT2D eigenvalue weighted by molar-refractivity contribution is 7.89. The molecule has 5 rings (SSSR count). The first-order valence-corrected chi connectivity index (χ1v) is 11.8. The Balaban J connectivity index is 1.34. The molecule has 9 heteroatoms. The van der Waals surface area contributed by atoms with Crippen molar-refractivity contribution in [1.29, 1.82) is 0 Å². The summed E-state index contributed by atoms with van der Waals surface area (Å²) in [7, 11) is -3.59. The summed E-state index contributed by atoms with van der Waals surface area (Å²) < 4.78 is 41.3. The minimum absolute atomic E-state index is 0.209. The molecule has 1 unspecified atom stereocenters. The van der Waals surface area contributed by atoms with Crippen molar-refractivity contribution in [2.45, 2.75) is 24.8 Å². The molecule has 1 saturated heterocycles. The molecule has 0 N–H and O–H groups in total. The Labute approximate surface area is 181 Å². The Morgan fingerprint density at radius 3 is 2.68 bits per heavy atom. The summed E-state index contributed by atoms with van der Waals surface area (Å²) in [5.74, 6) is 2.16. The molecule has 3 aromatic rings. The summed E-state index contributed by atoms with van der Waals surface area (Å²) >= 11 is 0. The Kier molecular flexibility index (Phi) is 5.15. The Morgan fingerprint density at radius 1 is 1.10 bits per heavy atom. The SMILES string of the molecule is Cc1cnc(-c2ccncc2)n1CC1CCN(S(=O)(=O)c2ccc3c(c2)OCCO3)C1. The predicted molar refractivity (Wildman–Crippen MR) is 114 cm³/mol. The van der Waals surface area contributed by atoms with Gasteiger partial charge >= 0.3 is 0 Å². The zero-order chi connectivity index (χ0) is 21.4. The largest absolute Gasteiger partial charge is 0.486 e. The highest BCUT2D eigenvalue weighted by atomic mass is 32.2. The molecular weight excluding hydrogens is 416 g/mol. The van der Waals surface area contributed by atoms with Gasteiger partial charge in [0.2, 0.25) is 10.0 Å². The van der Waals surface area contributed by atoms with Crippen molar-refractivity contribution in [1.82, 2.24) is 18.8 Å².